The molecular weight excluding hydrogens is 118 g/mol. The molecule has 0 aliphatic rings. The molecule has 0 N–H and O–H groups in total. The fourth-order valence-corrected chi connectivity index (χ4v) is 0.258. The topological polar surface area (TPSA) is 38.7 Å². The van der Waals surface area contributed by atoms with E-state index in [-0.39, 0.29) is 5.97 Å². The summed E-state index contributed by atoms with van der Waals surface area (Å²) in [5.41, 5.74) is 0. The Morgan fingerprint density at radius 1 is 1.67 bits per heavy atom. The Labute approximate surface area is 54.0 Å². The number of nitrogens with zero attached hydrogens (tertiary/aromatic N) is 1. The van der Waals surface area contributed by atoms with Crippen molar-refractivity contribution in [2.75, 3.05) is 7.11 Å². The molecule has 3 heteroatoms. The first-order valence-electron chi connectivity index (χ1n) is 2.53. The summed E-state index contributed by atoms with van der Waals surface area (Å²) >= 11 is 0. The minimum Gasteiger partial charge on any atom is -0.466 e. The second-order valence-electron chi connectivity index (χ2n) is 1.25. The van der Waals surface area contributed by atoms with Crippen molar-refractivity contribution in [1.29, 1.82) is 0 Å². The smallest absolute Gasteiger partial charge is 0.332 e. The predicted molar refractivity (Wildman–Crippen MR) is 35.3 cm³/mol. The molecule has 0 fully saturated rings. The van der Waals surface area contributed by atoms with Gasteiger partial charge in [0.05, 0.1) is 7.11 Å². The standard InChI is InChI=1S/C6H9NO2/c1-3-7-5-4-6(8)9-2/h3-5H,1-2H3/b5-4+,7-3?. The third-order valence-corrected chi connectivity index (χ3v) is 0.647. The van der Waals surface area contributed by atoms with E-state index in [1.807, 2.05) is 0 Å². The molecule has 0 saturated heterocycles. The monoisotopic (exact) mass is 127 g/mol. The van der Waals surface area contributed by atoms with Crippen molar-refractivity contribution in [3.8, 4) is 0 Å². The molecule has 0 atom stereocenters. The van der Waals surface area contributed by atoms with Gasteiger partial charge in [0, 0.05) is 18.5 Å². The third-order valence-electron chi connectivity index (χ3n) is 0.647. The number of aliphatic imine (C=N–C) groups is 1. The lowest BCUT2D eigenvalue weighted by molar-refractivity contribution is -0.134. The number of methoxy groups -OCH3 is 1. The minimum absolute atomic E-state index is 0.388. The summed E-state index contributed by atoms with van der Waals surface area (Å²) in [7, 11) is 1.32. The number of carbonyl (C=O) groups excluding carboxylic acids is 1. The van der Waals surface area contributed by atoms with Crippen LogP contribution in [0, 0.1) is 0 Å². The van der Waals surface area contributed by atoms with Crippen LogP contribution in [0.25, 0.3) is 0 Å². The molecule has 0 aromatic heterocycles. The van der Waals surface area contributed by atoms with Crippen molar-refractivity contribution >= 4 is 12.2 Å². The maximum atomic E-state index is 10.3. The van der Waals surface area contributed by atoms with E-state index >= 15 is 0 Å². The second-order valence-corrected chi connectivity index (χ2v) is 1.25. The van der Waals surface area contributed by atoms with E-state index in [1.54, 1.807) is 13.1 Å². The van der Waals surface area contributed by atoms with E-state index in [9.17, 15) is 4.79 Å². The fourth-order valence-electron chi connectivity index (χ4n) is 0.258. The number of ether oxygens (including phenoxy) is 1. The Kier molecular flexibility index (Phi) is 4.40. The summed E-state index contributed by atoms with van der Waals surface area (Å²) in [5, 5.41) is 0. The molecule has 0 unspecified atom stereocenters. The molecule has 0 aromatic rings. The van der Waals surface area contributed by atoms with Crippen LogP contribution in [0.4, 0.5) is 0 Å². The Morgan fingerprint density at radius 3 is 2.78 bits per heavy atom. The molecule has 0 spiro atoms. The Balaban J connectivity index is 3.57. The Bertz CT molecular complexity index is 138. The van der Waals surface area contributed by atoms with Gasteiger partial charge in [-0.1, -0.05) is 0 Å². The van der Waals surface area contributed by atoms with Crippen LogP contribution in [0.15, 0.2) is 17.3 Å². The van der Waals surface area contributed by atoms with Gasteiger partial charge in [-0.25, -0.2) is 4.79 Å². The summed E-state index contributed by atoms with van der Waals surface area (Å²) in [6.45, 7) is 1.77. The molecule has 50 valence electrons. The van der Waals surface area contributed by atoms with Crippen LogP contribution in [0.1, 0.15) is 6.92 Å². The van der Waals surface area contributed by atoms with Crippen molar-refractivity contribution in [1.82, 2.24) is 0 Å². The molecule has 0 radical (unpaired) electrons. The number of carbonyl (C=O) groups is 1. The molecule has 0 aromatic carbocycles. The molecular formula is C6H9NO2. The van der Waals surface area contributed by atoms with Crippen molar-refractivity contribution in [3.63, 3.8) is 0 Å². The highest BCUT2D eigenvalue weighted by molar-refractivity contribution is 5.81. The molecule has 0 heterocycles. The van der Waals surface area contributed by atoms with Crippen LogP contribution in [0.3, 0.4) is 0 Å². The van der Waals surface area contributed by atoms with Gasteiger partial charge in [0.2, 0.25) is 0 Å². The van der Waals surface area contributed by atoms with Crippen LogP contribution in [-0.2, 0) is 9.53 Å². The van der Waals surface area contributed by atoms with Gasteiger partial charge < -0.3 is 4.74 Å². The number of hydrogen-bond donors (Lipinski definition) is 0. The van der Waals surface area contributed by atoms with Crippen molar-refractivity contribution in [3.05, 3.63) is 12.3 Å². The van der Waals surface area contributed by atoms with Crippen molar-refractivity contribution < 1.29 is 9.53 Å². The zero-order chi connectivity index (χ0) is 7.11. The highest BCUT2D eigenvalue weighted by Gasteiger charge is 1.85. The quantitative estimate of drug-likeness (QED) is 0.312. The highest BCUT2D eigenvalue weighted by atomic mass is 16.5. The minimum atomic E-state index is -0.388. The summed E-state index contributed by atoms with van der Waals surface area (Å²) in [6.07, 6.45) is 4.21. The number of rotatable bonds is 2. The summed E-state index contributed by atoms with van der Waals surface area (Å²) in [6, 6.07) is 0. The molecule has 0 aliphatic carbocycles. The average Bonchev–Trinajstić information content (AvgIpc) is 1.89. The average molecular weight is 127 g/mol. The van der Waals surface area contributed by atoms with Gasteiger partial charge in [0.15, 0.2) is 0 Å². The van der Waals surface area contributed by atoms with Gasteiger partial charge in [-0.15, -0.1) is 0 Å². The van der Waals surface area contributed by atoms with Crippen LogP contribution in [-0.4, -0.2) is 19.3 Å². The number of hydrogen-bond acceptors (Lipinski definition) is 3. The van der Waals surface area contributed by atoms with Crippen LogP contribution >= 0.6 is 0 Å². The highest BCUT2D eigenvalue weighted by Crippen LogP contribution is 1.77. The molecule has 0 amide bonds. The molecule has 0 rings (SSSR count). The zero-order valence-corrected chi connectivity index (χ0v) is 5.50. The van der Waals surface area contributed by atoms with Crippen LogP contribution < -0.4 is 0 Å². The zero-order valence-electron chi connectivity index (χ0n) is 5.50. The lowest BCUT2D eigenvalue weighted by Gasteiger charge is -1.85. The van der Waals surface area contributed by atoms with Gasteiger partial charge in [0.1, 0.15) is 0 Å². The number of esters is 1. The lowest BCUT2D eigenvalue weighted by Crippen LogP contribution is -1.92. The molecule has 0 bridgehead atoms. The van der Waals surface area contributed by atoms with Gasteiger partial charge in [-0.2, -0.15) is 0 Å². The van der Waals surface area contributed by atoms with E-state index in [0.29, 0.717) is 0 Å². The summed E-state index contributed by atoms with van der Waals surface area (Å²) in [5.74, 6) is -0.388. The van der Waals surface area contributed by atoms with E-state index in [4.69, 9.17) is 0 Å². The fraction of sp³-hybridized carbons (Fsp3) is 0.333. The van der Waals surface area contributed by atoms with E-state index in [2.05, 4.69) is 9.73 Å². The second kappa shape index (κ2) is 5.03. The lowest BCUT2D eigenvalue weighted by atomic mass is 10.6. The Morgan fingerprint density at radius 2 is 2.33 bits per heavy atom. The van der Waals surface area contributed by atoms with Crippen LogP contribution in [0.5, 0.6) is 0 Å². The third kappa shape index (κ3) is 4.74. The van der Waals surface area contributed by atoms with E-state index in [0.717, 1.165) is 0 Å². The first-order valence-corrected chi connectivity index (χ1v) is 2.53. The molecule has 0 aliphatic heterocycles. The van der Waals surface area contributed by atoms with Gasteiger partial charge in [-0.3, -0.25) is 4.99 Å². The van der Waals surface area contributed by atoms with Gasteiger partial charge in [-0.05, 0) is 6.92 Å². The van der Waals surface area contributed by atoms with Gasteiger partial charge in [0.25, 0.3) is 0 Å². The first kappa shape index (κ1) is 7.88. The van der Waals surface area contributed by atoms with E-state index in [1.165, 1.54) is 19.4 Å². The summed E-state index contributed by atoms with van der Waals surface area (Å²) < 4.78 is 4.30. The Hall–Kier alpha value is -1.12. The molecule has 3 nitrogen and oxygen atoms in total. The first-order chi connectivity index (χ1) is 4.31. The van der Waals surface area contributed by atoms with E-state index < -0.39 is 0 Å². The summed E-state index contributed by atoms with van der Waals surface area (Å²) in [4.78, 5) is 14.0. The SMILES string of the molecule is CC=N/C=C/C(=O)OC. The largest absolute Gasteiger partial charge is 0.466 e. The van der Waals surface area contributed by atoms with Crippen molar-refractivity contribution in [2.45, 2.75) is 6.92 Å². The normalized spacial score (nSPS) is 10.9. The van der Waals surface area contributed by atoms with Gasteiger partial charge >= 0.3 is 5.97 Å². The predicted octanol–water partition coefficient (Wildman–Crippen LogP) is 0.764. The molecule has 9 heavy (non-hydrogen) atoms. The van der Waals surface area contributed by atoms with Crippen LogP contribution in [0.2, 0.25) is 0 Å². The maximum absolute atomic E-state index is 10.3. The molecule has 0 saturated carbocycles. The maximum Gasteiger partial charge on any atom is 0.332 e. The van der Waals surface area contributed by atoms with Crippen molar-refractivity contribution in [2.24, 2.45) is 4.99 Å².